The second-order valence-corrected chi connectivity index (χ2v) is 9.79. The number of anilines is 2. The molecule has 2 N–H and O–H groups in total. The molecule has 14 heteroatoms. The molecule has 0 fully saturated rings. The molecule has 0 heterocycles. The Hall–Kier alpha value is -5.21. The molecule has 0 spiro atoms. The predicted octanol–water partition coefficient (Wildman–Crippen LogP) is 8.26. The van der Waals surface area contributed by atoms with Crippen LogP contribution < -0.4 is 20.1 Å². The van der Waals surface area contributed by atoms with E-state index in [1.165, 1.54) is 60.7 Å². The highest BCUT2D eigenvalue weighted by atomic mass is 32.2. The number of nitriles is 2. The van der Waals surface area contributed by atoms with Gasteiger partial charge in [-0.05, 0) is 84.9 Å². The fourth-order valence-corrected chi connectivity index (χ4v) is 4.66. The van der Waals surface area contributed by atoms with E-state index >= 15 is 0 Å². The van der Waals surface area contributed by atoms with E-state index in [1.807, 2.05) is 0 Å². The SMILES string of the molecule is N#CNc1ccc(Oc2ccc(S(=O)c3ccc(Oc4ccc(NC#N)cc4C(F)(F)F)cc3)cc2)c(C(F)(F)F)c1. The van der Waals surface area contributed by atoms with Crippen LogP contribution in [-0.2, 0) is 23.2 Å². The van der Waals surface area contributed by atoms with E-state index in [4.69, 9.17) is 20.0 Å². The van der Waals surface area contributed by atoms with Crippen molar-refractivity contribution < 1.29 is 40.0 Å². The number of hydrogen-bond acceptors (Lipinski definition) is 7. The zero-order valence-electron chi connectivity index (χ0n) is 20.9. The number of rotatable bonds is 8. The van der Waals surface area contributed by atoms with E-state index in [0.29, 0.717) is 0 Å². The van der Waals surface area contributed by atoms with Crippen molar-refractivity contribution in [1.29, 1.82) is 10.5 Å². The van der Waals surface area contributed by atoms with Crippen LogP contribution in [-0.4, -0.2) is 4.21 Å². The summed E-state index contributed by atoms with van der Waals surface area (Å²) in [5, 5.41) is 21.6. The molecule has 0 saturated heterocycles. The van der Waals surface area contributed by atoms with Crippen molar-refractivity contribution in [3.8, 4) is 35.4 Å². The Morgan fingerprint density at radius 2 is 0.952 bits per heavy atom. The predicted molar refractivity (Wildman–Crippen MR) is 139 cm³/mol. The van der Waals surface area contributed by atoms with Crippen LogP contribution in [0.25, 0.3) is 0 Å². The number of nitrogens with zero attached hydrogens (tertiary/aromatic N) is 2. The number of hydrogen-bond donors (Lipinski definition) is 2. The topological polar surface area (TPSA) is 107 Å². The summed E-state index contributed by atoms with van der Waals surface area (Å²) in [7, 11) is -1.75. The highest BCUT2D eigenvalue weighted by molar-refractivity contribution is 7.85. The van der Waals surface area contributed by atoms with E-state index in [0.717, 1.165) is 24.3 Å². The van der Waals surface area contributed by atoms with Gasteiger partial charge in [0.25, 0.3) is 0 Å². The van der Waals surface area contributed by atoms with Crippen LogP contribution in [0, 0.1) is 22.9 Å². The van der Waals surface area contributed by atoms with Crippen LogP contribution in [0.2, 0.25) is 0 Å². The summed E-state index contributed by atoms with van der Waals surface area (Å²) < 4.78 is 105. The minimum atomic E-state index is -4.76. The quantitative estimate of drug-likeness (QED) is 0.119. The molecule has 0 bridgehead atoms. The second kappa shape index (κ2) is 12.1. The van der Waals surface area contributed by atoms with Crippen LogP contribution in [0.3, 0.4) is 0 Å². The molecule has 0 atom stereocenters. The first-order valence-corrected chi connectivity index (χ1v) is 12.7. The van der Waals surface area contributed by atoms with Gasteiger partial charge >= 0.3 is 12.4 Å². The molecule has 0 unspecified atom stereocenters. The molecule has 0 aliphatic rings. The number of nitrogens with one attached hydrogen (secondary N) is 2. The zero-order chi connectivity index (χ0) is 30.5. The molecular formula is C28H16F6N4O3S. The smallest absolute Gasteiger partial charge is 0.420 e. The van der Waals surface area contributed by atoms with Crippen molar-refractivity contribution in [3.05, 3.63) is 96.1 Å². The first-order valence-electron chi connectivity index (χ1n) is 11.6. The largest absolute Gasteiger partial charge is 0.457 e. The third-order valence-electron chi connectivity index (χ3n) is 5.50. The molecule has 42 heavy (non-hydrogen) atoms. The van der Waals surface area contributed by atoms with Gasteiger partial charge in [0.05, 0.1) is 10.8 Å². The summed E-state index contributed by atoms with van der Waals surface area (Å²) in [4.78, 5) is 0.557. The lowest BCUT2D eigenvalue weighted by atomic mass is 10.1. The van der Waals surface area contributed by atoms with Crippen LogP contribution in [0.15, 0.2) is 94.7 Å². The van der Waals surface area contributed by atoms with Gasteiger partial charge in [0.1, 0.15) is 34.1 Å². The van der Waals surface area contributed by atoms with Crippen molar-refractivity contribution in [2.45, 2.75) is 22.1 Å². The van der Waals surface area contributed by atoms with E-state index in [-0.39, 0.29) is 32.7 Å². The Balaban J connectivity index is 1.49. The second-order valence-electron chi connectivity index (χ2n) is 8.31. The van der Waals surface area contributed by atoms with E-state index in [1.54, 1.807) is 12.4 Å². The molecule has 4 aromatic carbocycles. The normalized spacial score (nSPS) is 11.4. The van der Waals surface area contributed by atoms with Gasteiger partial charge in [-0.2, -0.15) is 36.9 Å². The molecule has 4 aromatic rings. The molecule has 0 aromatic heterocycles. The van der Waals surface area contributed by atoms with Crippen molar-refractivity contribution in [3.63, 3.8) is 0 Å². The number of halogens is 6. The molecule has 4 rings (SSSR count). The average Bonchev–Trinajstić information content (AvgIpc) is 2.94. The Bertz CT molecular complexity index is 1570. The molecule has 0 aliphatic carbocycles. The van der Waals surface area contributed by atoms with Gasteiger partial charge in [-0.15, -0.1) is 0 Å². The molecule has 214 valence electrons. The molecule has 0 amide bonds. The highest BCUT2D eigenvalue weighted by Gasteiger charge is 2.36. The summed E-state index contributed by atoms with van der Waals surface area (Å²) in [5.74, 6) is -0.940. The van der Waals surface area contributed by atoms with Gasteiger partial charge < -0.3 is 9.47 Å². The average molecular weight is 603 g/mol. The van der Waals surface area contributed by atoms with Crippen molar-refractivity contribution >= 4 is 22.2 Å². The lowest BCUT2D eigenvalue weighted by Crippen LogP contribution is -2.08. The Labute approximate surface area is 237 Å². The third kappa shape index (κ3) is 7.10. The fourth-order valence-electron chi connectivity index (χ4n) is 3.62. The van der Waals surface area contributed by atoms with Crippen LogP contribution >= 0.6 is 0 Å². The van der Waals surface area contributed by atoms with Gasteiger partial charge in [-0.3, -0.25) is 10.6 Å². The van der Waals surface area contributed by atoms with Crippen LogP contribution in [0.1, 0.15) is 11.1 Å². The maximum Gasteiger partial charge on any atom is 0.420 e. The third-order valence-corrected chi connectivity index (χ3v) is 6.90. The first-order chi connectivity index (χ1) is 19.9. The maximum absolute atomic E-state index is 13.5. The summed E-state index contributed by atoms with van der Waals surface area (Å²) >= 11 is 0. The van der Waals surface area contributed by atoms with Crippen LogP contribution in [0.4, 0.5) is 37.7 Å². The Morgan fingerprint density at radius 1 is 0.595 bits per heavy atom. The summed E-state index contributed by atoms with van der Waals surface area (Å²) in [6.07, 6.45) is -6.43. The first kappa shape index (κ1) is 29.8. The Kier molecular flexibility index (Phi) is 8.59. The minimum absolute atomic E-state index is 0.0300. The number of alkyl halides is 6. The monoisotopic (exact) mass is 602 g/mol. The molecule has 0 aliphatic heterocycles. The molecule has 7 nitrogen and oxygen atoms in total. The lowest BCUT2D eigenvalue weighted by molar-refractivity contribution is -0.139. The summed E-state index contributed by atoms with van der Waals surface area (Å²) in [5.41, 5.74) is -2.33. The minimum Gasteiger partial charge on any atom is -0.457 e. The van der Waals surface area contributed by atoms with Crippen LogP contribution in [0.5, 0.6) is 23.0 Å². The van der Waals surface area contributed by atoms with Crippen molar-refractivity contribution in [1.82, 2.24) is 0 Å². The maximum atomic E-state index is 13.5. The Morgan fingerprint density at radius 3 is 1.26 bits per heavy atom. The summed E-state index contributed by atoms with van der Waals surface area (Å²) in [6.45, 7) is 0. The van der Waals surface area contributed by atoms with E-state index < -0.39 is 45.8 Å². The number of benzene rings is 4. The van der Waals surface area contributed by atoms with Gasteiger partial charge in [-0.25, -0.2) is 4.21 Å². The molecule has 0 radical (unpaired) electrons. The standard InChI is InChI=1S/C28H16F6N4O3S/c29-27(30,31)23-13-17(37-15-35)1-11-25(23)40-19-3-7-21(8-4-19)42(39)22-9-5-20(6-10-22)41-26-12-2-18(38-16-36)14-24(26)28(32,33)34/h1-14,37-38H. The van der Waals surface area contributed by atoms with Crippen molar-refractivity contribution in [2.75, 3.05) is 10.6 Å². The molecule has 0 saturated carbocycles. The van der Waals surface area contributed by atoms with Gasteiger partial charge in [-0.1, -0.05) is 0 Å². The lowest BCUT2D eigenvalue weighted by Gasteiger charge is -2.15. The molecular weight excluding hydrogens is 586 g/mol. The van der Waals surface area contributed by atoms with Gasteiger partial charge in [0.2, 0.25) is 0 Å². The zero-order valence-corrected chi connectivity index (χ0v) is 21.7. The van der Waals surface area contributed by atoms with E-state index in [9.17, 15) is 30.6 Å². The van der Waals surface area contributed by atoms with Crippen molar-refractivity contribution in [2.24, 2.45) is 0 Å². The van der Waals surface area contributed by atoms with Gasteiger partial charge in [0, 0.05) is 21.2 Å². The van der Waals surface area contributed by atoms with Gasteiger partial charge in [0.15, 0.2) is 12.4 Å². The number of ether oxygens (including phenoxy) is 2. The summed E-state index contributed by atoms with van der Waals surface area (Å²) in [6, 6.07) is 17.0. The van der Waals surface area contributed by atoms with E-state index in [2.05, 4.69) is 10.6 Å². The fraction of sp³-hybridized carbons (Fsp3) is 0.0714. The highest BCUT2D eigenvalue weighted by Crippen LogP contribution is 2.41.